The molecule has 0 amide bonds. The Balaban J connectivity index is 2.43. The monoisotopic (exact) mass is 253 g/mol. The highest BCUT2D eigenvalue weighted by atomic mass is 16.5. The van der Waals surface area contributed by atoms with Crippen molar-refractivity contribution in [1.82, 2.24) is 0 Å². The summed E-state index contributed by atoms with van der Waals surface area (Å²) >= 11 is 0. The standard InChI is InChI=1S/C15H13B4O/c1-8-4-6-10(13(17)12(8)16)20-11-7-5-9(2)15(19-3)14(11)18/h4-7H,1-3H3. The fourth-order valence-corrected chi connectivity index (χ4v) is 2.13. The molecule has 0 atom stereocenters. The molecule has 20 heavy (non-hydrogen) atoms. The summed E-state index contributed by atoms with van der Waals surface area (Å²) in [6.45, 7) is 5.86. The third kappa shape index (κ3) is 2.67. The van der Waals surface area contributed by atoms with Gasteiger partial charge in [0.2, 0.25) is 0 Å². The van der Waals surface area contributed by atoms with Gasteiger partial charge in [0.05, 0.1) is 0 Å². The average molecular weight is 253 g/mol. The molecule has 91 valence electrons. The zero-order valence-electron chi connectivity index (χ0n) is 12.0. The minimum absolute atomic E-state index is 0.437. The number of benzene rings is 2. The number of rotatable bonds is 3. The lowest BCUT2D eigenvalue weighted by Gasteiger charge is -2.17. The fourth-order valence-electron chi connectivity index (χ4n) is 2.13. The lowest BCUT2D eigenvalue weighted by Crippen LogP contribution is -2.34. The van der Waals surface area contributed by atoms with Gasteiger partial charge in [-0.2, -0.15) is 0 Å². The van der Waals surface area contributed by atoms with E-state index in [4.69, 9.17) is 28.3 Å². The summed E-state index contributed by atoms with van der Waals surface area (Å²) in [5.74, 6) is 1.10. The van der Waals surface area contributed by atoms with Crippen LogP contribution in [0.2, 0.25) is 6.82 Å². The smallest absolute Gasteiger partial charge is 0.147 e. The summed E-state index contributed by atoms with van der Waals surface area (Å²) in [6, 6.07) is 7.48. The van der Waals surface area contributed by atoms with Crippen LogP contribution in [0.3, 0.4) is 0 Å². The summed E-state index contributed by atoms with van der Waals surface area (Å²) in [5.41, 5.74) is 4.58. The molecule has 0 aliphatic rings. The van der Waals surface area contributed by atoms with Gasteiger partial charge in [0.15, 0.2) is 0 Å². The Kier molecular flexibility index (Phi) is 4.37. The van der Waals surface area contributed by atoms with E-state index < -0.39 is 0 Å². The average Bonchev–Trinajstić information content (AvgIpc) is 2.43. The molecule has 0 bridgehead atoms. The van der Waals surface area contributed by atoms with E-state index in [2.05, 4.69) is 0 Å². The largest absolute Gasteiger partial charge is 0.459 e. The molecule has 1 nitrogen and oxygen atoms in total. The van der Waals surface area contributed by atoms with E-state index >= 15 is 0 Å². The Labute approximate surface area is 125 Å². The van der Waals surface area contributed by atoms with Gasteiger partial charge in [0, 0.05) is 0 Å². The Morgan fingerprint density at radius 2 is 1.35 bits per heavy atom. The van der Waals surface area contributed by atoms with Crippen LogP contribution in [0.5, 0.6) is 11.5 Å². The Bertz CT molecular complexity index is 653. The van der Waals surface area contributed by atoms with Crippen LogP contribution in [-0.4, -0.2) is 30.8 Å². The molecular formula is C15H13B4O. The summed E-state index contributed by atoms with van der Waals surface area (Å²) in [5, 5.41) is 0. The SMILES string of the molecule is [B]c1c(C)ccc(Oc2ccc(C)c([B]C)c2[B])c1[B]. The number of hydrogen-bond acceptors (Lipinski definition) is 1. The molecule has 0 saturated carbocycles. The van der Waals surface area contributed by atoms with Crippen LogP contribution < -0.4 is 26.6 Å². The number of ether oxygens (including phenoxy) is 1. The summed E-state index contributed by atoms with van der Waals surface area (Å²) in [6.07, 6.45) is 0. The van der Waals surface area contributed by atoms with Crippen molar-refractivity contribution < 1.29 is 4.74 Å². The molecule has 2 aromatic carbocycles. The van der Waals surface area contributed by atoms with Crippen molar-refractivity contribution in [2.75, 3.05) is 0 Å². The first-order chi connectivity index (χ1) is 9.45. The molecule has 2 rings (SSSR count). The van der Waals surface area contributed by atoms with Crippen LogP contribution in [-0.2, 0) is 0 Å². The zero-order chi connectivity index (χ0) is 14.9. The minimum Gasteiger partial charge on any atom is -0.459 e. The second-order valence-corrected chi connectivity index (χ2v) is 4.81. The maximum absolute atomic E-state index is 6.13. The molecule has 7 radical (unpaired) electrons. The predicted octanol–water partition coefficient (Wildman–Crippen LogP) is -0.145. The molecule has 0 spiro atoms. The third-order valence-electron chi connectivity index (χ3n) is 3.44. The van der Waals surface area contributed by atoms with Crippen molar-refractivity contribution in [3.05, 3.63) is 35.4 Å². The van der Waals surface area contributed by atoms with E-state index in [0.717, 1.165) is 16.6 Å². The van der Waals surface area contributed by atoms with Crippen molar-refractivity contribution in [2.45, 2.75) is 20.7 Å². The number of hydrogen-bond donors (Lipinski definition) is 0. The van der Waals surface area contributed by atoms with Crippen molar-refractivity contribution in [1.29, 1.82) is 0 Å². The molecule has 5 heteroatoms. The van der Waals surface area contributed by atoms with E-state index in [-0.39, 0.29) is 0 Å². The van der Waals surface area contributed by atoms with Crippen LogP contribution in [0, 0.1) is 13.8 Å². The van der Waals surface area contributed by atoms with Crippen LogP contribution in [0.1, 0.15) is 11.1 Å². The number of aryl methyl sites for hydroxylation is 2. The molecule has 0 saturated heterocycles. The van der Waals surface area contributed by atoms with Gasteiger partial charge in [0.1, 0.15) is 42.3 Å². The molecule has 2 aromatic rings. The Hall–Kier alpha value is -1.50. The van der Waals surface area contributed by atoms with Crippen LogP contribution in [0.25, 0.3) is 0 Å². The van der Waals surface area contributed by atoms with Crippen molar-refractivity contribution in [2.24, 2.45) is 0 Å². The molecule has 0 aliphatic carbocycles. The zero-order valence-corrected chi connectivity index (χ0v) is 12.0. The Morgan fingerprint density at radius 3 is 1.95 bits per heavy atom. The molecule has 0 aliphatic heterocycles. The van der Waals surface area contributed by atoms with Crippen LogP contribution in [0.15, 0.2) is 24.3 Å². The first-order valence-electron chi connectivity index (χ1n) is 6.46. The van der Waals surface area contributed by atoms with Gasteiger partial charge in [-0.15, -0.1) is 0 Å². The van der Waals surface area contributed by atoms with E-state index in [1.165, 1.54) is 0 Å². The molecular weight excluding hydrogens is 239 g/mol. The molecule has 0 heterocycles. The van der Waals surface area contributed by atoms with Gasteiger partial charge in [0.25, 0.3) is 0 Å². The third-order valence-corrected chi connectivity index (χ3v) is 3.44. The van der Waals surface area contributed by atoms with E-state index in [0.29, 0.717) is 27.9 Å². The maximum atomic E-state index is 6.13. The summed E-state index contributed by atoms with van der Waals surface area (Å²) in [4.78, 5) is 0. The highest BCUT2D eigenvalue weighted by molar-refractivity contribution is 6.61. The van der Waals surface area contributed by atoms with Crippen LogP contribution >= 0.6 is 0 Å². The fraction of sp³-hybridized carbons (Fsp3) is 0.200. The van der Waals surface area contributed by atoms with Gasteiger partial charge in [-0.25, -0.2) is 0 Å². The Morgan fingerprint density at radius 1 is 0.800 bits per heavy atom. The highest BCUT2D eigenvalue weighted by Gasteiger charge is 2.10. The summed E-state index contributed by atoms with van der Waals surface area (Å²) < 4.78 is 5.82. The van der Waals surface area contributed by atoms with Gasteiger partial charge in [-0.05, 0) is 26.0 Å². The lowest BCUT2D eigenvalue weighted by atomic mass is 9.64. The predicted molar refractivity (Wildman–Crippen MR) is 89.8 cm³/mol. The van der Waals surface area contributed by atoms with Crippen LogP contribution in [0.4, 0.5) is 0 Å². The van der Waals surface area contributed by atoms with Gasteiger partial charge in [-0.1, -0.05) is 51.9 Å². The van der Waals surface area contributed by atoms with Gasteiger partial charge < -0.3 is 4.74 Å². The van der Waals surface area contributed by atoms with Crippen molar-refractivity contribution in [3.63, 3.8) is 0 Å². The summed E-state index contributed by atoms with van der Waals surface area (Å²) in [7, 11) is 20.0. The molecule has 0 fully saturated rings. The maximum Gasteiger partial charge on any atom is 0.147 e. The molecule has 0 aromatic heterocycles. The lowest BCUT2D eigenvalue weighted by molar-refractivity contribution is 0.491. The van der Waals surface area contributed by atoms with Gasteiger partial charge >= 0.3 is 0 Å². The second kappa shape index (κ2) is 5.87. The quantitative estimate of drug-likeness (QED) is 0.691. The second-order valence-electron chi connectivity index (χ2n) is 4.81. The van der Waals surface area contributed by atoms with E-state index in [1.807, 2.05) is 46.1 Å². The molecule has 0 unspecified atom stereocenters. The first-order valence-corrected chi connectivity index (χ1v) is 6.46. The highest BCUT2D eigenvalue weighted by Crippen LogP contribution is 2.17. The topological polar surface area (TPSA) is 9.23 Å². The van der Waals surface area contributed by atoms with E-state index in [9.17, 15) is 0 Å². The van der Waals surface area contributed by atoms with Crippen molar-refractivity contribution in [3.8, 4) is 11.5 Å². The van der Waals surface area contributed by atoms with E-state index in [1.54, 1.807) is 6.07 Å². The normalized spacial score (nSPS) is 10.3. The first kappa shape index (κ1) is 14.9. The van der Waals surface area contributed by atoms with Crippen molar-refractivity contribution >= 4 is 52.7 Å². The minimum atomic E-state index is 0.437. The van der Waals surface area contributed by atoms with Gasteiger partial charge in [-0.3, -0.25) is 0 Å². The molecule has 0 N–H and O–H groups in total.